The summed E-state index contributed by atoms with van der Waals surface area (Å²) in [5.74, 6) is 0.316. The average molecular weight is 356 g/mol. The fourth-order valence-electron chi connectivity index (χ4n) is 2.86. The van der Waals surface area contributed by atoms with Gasteiger partial charge in [-0.15, -0.1) is 0 Å². The lowest BCUT2D eigenvalue weighted by Gasteiger charge is -2.37. The topological polar surface area (TPSA) is 48.5 Å². The highest BCUT2D eigenvalue weighted by Crippen LogP contribution is 2.23. The van der Waals surface area contributed by atoms with Crippen molar-refractivity contribution < 1.29 is 9.18 Å². The Morgan fingerprint density at radius 2 is 1.69 bits per heavy atom. The Hall–Kier alpha value is -2.63. The summed E-state index contributed by atoms with van der Waals surface area (Å²) in [5, 5.41) is 2.83. The van der Waals surface area contributed by atoms with Gasteiger partial charge in [0, 0.05) is 31.6 Å². The Labute approximate surface area is 153 Å². The van der Waals surface area contributed by atoms with Crippen LogP contribution in [0.25, 0.3) is 0 Å². The minimum Gasteiger partial charge on any atom is -0.367 e. The first kappa shape index (κ1) is 18.2. The zero-order valence-corrected chi connectivity index (χ0v) is 15.5. The lowest BCUT2D eigenvalue weighted by molar-refractivity contribution is -0.123. The number of halogens is 1. The number of benzene rings is 1. The van der Waals surface area contributed by atoms with E-state index in [-0.39, 0.29) is 11.7 Å². The van der Waals surface area contributed by atoms with Gasteiger partial charge in [0.25, 0.3) is 0 Å². The molecule has 1 aromatic carbocycles. The van der Waals surface area contributed by atoms with E-state index in [1.54, 1.807) is 12.3 Å². The number of para-hydroxylation sites is 1. The molecule has 26 heavy (non-hydrogen) atoms. The normalized spacial score (nSPS) is 15.1. The van der Waals surface area contributed by atoms with Crippen LogP contribution in [0.15, 0.2) is 42.6 Å². The maximum Gasteiger partial charge on any atom is 0.230 e. The minimum atomic E-state index is -0.455. The van der Waals surface area contributed by atoms with Crippen LogP contribution in [0.1, 0.15) is 20.8 Å². The van der Waals surface area contributed by atoms with Crippen molar-refractivity contribution >= 4 is 23.1 Å². The molecule has 0 aliphatic carbocycles. The van der Waals surface area contributed by atoms with Gasteiger partial charge in [-0.3, -0.25) is 4.79 Å². The van der Waals surface area contributed by atoms with Gasteiger partial charge >= 0.3 is 0 Å². The molecular formula is C20H25FN4O. The van der Waals surface area contributed by atoms with Gasteiger partial charge in [0.1, 0.15) is 11.6 Å². The molecule has 0 unspecified atom stereocenters. The van der Waals surface area contributed by atoms with Crippen LogP contribution >= 0.6 is 0 Å². The molecule has 0 atom stereocenters. The number of nitrogens with zero attached hydrogens (tertiary/aromatic N) is 3. The van der Waals surface area contributed by atoms with Crippen molar-refractivity contribution in [2.45, 2.75) is 20.8 Å². The molecule has 0 saturated carbocycles. The van der Waals surface area contributed by atoms with Crippen molar-refractivity contribution in [2.24, 2.45) is 5.41 Å². The van der Waals surface area contributed by atoms with Crippen molar-refractivity contribution in [1.82, 2.24) is 4.98 Å². The Balaban J connectivity index is 1.60. The third-order valence-electron chi connectivity index (χ3n) is 4.51. The molecule has 0 radical (unpaired) electrons. The van der Waals surface area contributed by atoms with E-state index < -0.39 is 5.41 Å². The molecule has 2 aromatic rings. The van der Waals surface area contributed by atoms with E-state index >= 15 is 0 Å². The second kappa shape index (κ2) is 7.32. The maximum atomic E-state index is 13.9. The Bertz CT molecular complexity index is 762. The predicted molar refractivity (Wildman–Crippen MR) is 103 cm³/mol. The number of amides is 1. The molecule has 0 spiro atoms. The predicted octanol–water partition coefficient (Wildman–Crippen LogP) is 3.53. The zero-order valence-electron chi connectivity index (χ0n) is 15.5. The molecule has 1 saturated heterocycles. The lowest BCUT2D eigenvalue weighted by Crippen LogP contribution is -2.46. The third-order valence-corrected chi connectivity index (χ3v) is 4.51. The van der Waals surface area contributed by atoms with Crippen LogP contribution in [0.4, 0.5) is 21.6 Å². The van der Waals surface area contributed by atoms with Gasteiger partial charge in [-0.1, -0.05) is 32.9 Å². The van der Waals surface area contributed by atoms with Crippen LogP contribution in [0.5, 0.6) is 0 Å². The molecule has 138 valence electrons. The summed E-state index contributed by atoms with van der Waals surface area (Å²) in [6.07, 6.45) is 1.77. The summed E-state index contributed by atoms with van der Waals surface area (Å²) < 4.78 is 13.9. The van der Waals surface area contributed by atoms with Crippen molar-refractivity contribution in [3.63, 3.8) is 0 Å². The van der Waals surface area contributed by atoms with E-state index in [1.807, 2.05) is 45.0 Å². The van der Waals surface area contributed by atoms with E-state index in [2.05, 4.69) is 20.1 Å². The fraction of sp³-hybridized carbons (Fsp3) is 0.400. The molecule has 5 nitrogen and oxygen atoms in total. The largest absolute Gasteiger partial charge is 0.367 e. The zero-order chi connectivity index (χ0) is 18.7. The SMILES string of the molecule is CC(C)(C)C(=O)Nc1ccc(N2CCN(c3ccccc3F)CC2)cn1. The van der Waals surface area contributed by atoms with E-state index in [0.29, 0.717) is 11.5 Å². The number of anilines is 3. The number of hydrogen-bond donors (Lipinski definition) is 1. The molecule has 1 N–H and O–H groups in total. The maximum absolute atomic E-state index is 13.9. The van der Waals surface area contributed by atoms with Crippen molar-refractivity contribution in [1.29, 1.82) is 0 Å². The molecule has 1 aliphatic heterocycles. The number of carbonyl (C=O) groups excluding carboxylic acids is 1. The van der Waals surface area contributed by atoms with Crippen LogP contribution in [0, 0.1) is 11.2 Å². The number of piperazine rings is 1. The summed E-state index contributed by atoms with van der Waals surface area (Å²) >= 11 is 0. The van der Waals surface area contributed by atoms with Crippen LogP contribution in [-0.2, 0) is 4.79 Å². The second-order valence-corrected chi connectivity index (χ2v) is 7.53. The number of hydrogen-bond acceptors (Lipinski definition) is 4. The number of nitrogens with one attached hydrogen (secondary N) is 1. The van der Waals surface area contributed by atoms with E-state index in [1.165, 1.54) is 6.07 Å². The van der Waals surface area contributed by atoms with E-state index in [9.17, 15) is 9.18 Å². The average Bonchev–Trinajstić information content (AvgIpc) is 2.62. The van der Waals surface area contributed by atoms with Crippen LogP contribution in [-0.4, -0.2) is 37.1 Å². The summed E-state index contributed by atoms with van der Waals surface area (Å²) in [5.41, 5.74) is 1.21. The standard InChI is InChI=1S/C20H25FN4O/c1-20(2,3)19(26)23-18-9-8-15(14-22-18)24-10-12-25(13-11-24)17-7-5-4-6-16(17)21/h4-9,14H,10-13H2,1-3H3,(H,22,23,26). The number of carbonyl (C=O) groups is 1. The van der Waals surface area contributed by atoms with Crippen LogP contribution in [0.3, 0.4) is 0 Å². The summed E-state index contributed by atoms with van der Waals surface area (Å²) in [7, 11) is 0. The van der Waals surface area contributed by atoms with Gasteiger partial charge in [-0.25, -0.2) is 9.37 Å². The van der Waals surface area contributed by atoms with Crippen LogP contribution in [0.2, 0.25) is 0 Å². The summed E-state index contributed by atoms with van der Waals surface area (Å²) in [6.45, 7) is 8.70. The first-order valence-corrected chi connectivity index (χ1v) is 8.86. The minimum absolute atomic E-state index is 0.0590. The van der Waals surface area contributed by atoms with E-state index in [4.69, 9.17) is 0 Å². The number of aromatic nitrogens is 1. The van der Waals surface area contributed by atoms with E-state index in [0.717, 1.165) is 31.9 Å². The first-order chi connectivity index (χ1) is 12.3. The molecule has 1 aromatic heterocycles. The number of rotatable bonds is 3. The Morgan fingerprint density at radius 3 is 2.27 bits per heavy atom. The Kier molecular flexibility index (Phi) is 5.11. The van der Waals surface area contributed by atoms with Crippen LogP contribution < -0.4 is 15.1 Å². The molecule has 3 rings (SSSR count). The van der Waals surface area contributed by atoms with Gasteiger partial charge in [0.05, 0.1) is 17.6 Å². The van der Waals surface area contributed by atoms with Crippen molar-refractivity contribution in [3.8, 4) is 0 Å². The summed E-state index contributed by atoms with van der Waals surface area (Å²) in [4.78, 5) is 20.7. The summed E-state index contributed by atoms with van der Waals surface area (Å²) in [6, 6.07) is 10.7. The first-order valence-electron chi connectivity index (χ1n) is 8.86. The quantitative estimate of drug-likeness (QED) is 0.914. The smallest absolute Gasteiger partial charge is 0.230 e. The molecule has 6 heteroatoms. The van der Waals surface area contributed by atoms with Gasteiger partial charge in [0.15, 0.2) is 0 Å². The molecule has 0 bridgehead atoms. The monoisotopic (exact) mass is 356 g/mol. The number of pyridine rings is 1. The van der Waals surface area contributed by atoms with Gasteiger partial charge in [0.2, 0.25) is 5.91 Å². The molecular weight excluding hydrogens is 331 g/mol. The van der Waals surface area contributed by atoms with Gasteiger partial charge < -0.3 is 15.1 Å². The molecule has 1 fully saturated rings. The van der Waals surface area contributed by atoms with Crippen molar-refractivity contribution in [3.05, 3.63) is 48.4 Å². The van der Waals surface area contributed by atoms with Gasteiger partial charge in [-0.05, 0) is 24.3 Å². The Morgan fingerprint density at radius 1 is 1.04 bits per heavy atom. The highest BCUT2D eigenvalue weighted by molar-refractivity contribution is 5.93. The molecule has 1 amide bonds. The molecule has 2 heterocycles. The highest BCUT2D eigenvalue weighted by Gasteiger charge is 2.22. The lowest BCUT2D eigenvalue weighted by atomic mass is 9.96. The highest BCUT2D eigenvalue weighted by atomic mass is 19.1. The van der Waals surface area contributed by atoms with Crippen molar-refractivity contribution in [2.75, 3.05) is 41.3 Å². The fourth-order valence-corrected chi connectivity index (χ4v) is 2.86. The third kappa shape index (κ3) is 4.12. The molecule has 1 aliphatic rings. The second-order valence-electron chi connectivity index (χ2n) is 7.53. The van der Waals surface area contributed by atoms with Gasteiger partial charge in [-0.2, -0.15) is 0 Å².